The van der Waals surface area contributed by atoms with Crippen LogP contribution in [0.3, 0.4) is 0 Å². The van der Waals surface area contributed by atoms with Crippen LogP contribution >= 0.6 is 0 Å². The molecule has 0 saturated heterocycles. The third-order valence-electron chi connectivity index (χ3n) is 8.64. The van der Waals surface area contributed by atoms with Gasteiger partial charge in [0, 0.05) is 11.7 Å². The molecule has 1 heterocycles. The summed E-state index contributed by atoms with van der Waals surface area (Å²) in [6.45, 7) is 6.86. The smallest absolute Gasteiger partial charge is 0.347 e. The van der Waals surface area contributed by atoms with Crippen LogP contribution in [0.25, 0.3) is 16.8 Å². The van der Waals surface area contributed by atoms with Crippen LogP contribution in [0, 0.1) is 16.7 Å². The van der Waals surface area contributed by atoms with Gasteiger partial charge in [-0.2, -0.15) is 13.2 Å². The minimum atomic E-state index is -4.46. The Kier molecular flexibility index (Phi) is 5.15. The van der Waals surface area contributed by atoms with Gasteiger partial charge in [0.25, 0.3) is 5.91 Å². The van der Waals surface area contributed by atoms with E-state index < -0.39 is 11.7 Å². The molecule has 3 aromatic rings. The second kappa shape index (κ2) is 7.72. The summed E-state index contributed by atoms with van der Waals surface area (Å²) < 4.78 is 42.3. The van der Waals surface area contributed by atoms with E-state index in [-0.39, 0.29) is 28.3 Å². The van der Waals surface area contributed by atoms with E-state index in [1.54, 1.807) is 34.9 Å². The highest BCUT2D eigenvalue weighted by Gasteiger charge is 2.61. The number of carbonyl (C=O) groups is 1. The zero-order valence-electron chi connectivity index (χ0n) is 19.5. The molecule has 178 valence electrons. The number of benzene rings is 2. The maximum atomic E-state index is 13.6. The normalized spacial score (nSPS) is 25.5. The highest BCUT2D eigenvalue weighted by Crippen LogP contribution is 2.65. The average molecular weight is 468 g/mol. The molecule has 0 aliphatic heterocycles. The number of imidazole rings is 1. The van der Waals surface area contributed by atoms with Crippen LogP contribution in [-0.2, 0) is 6.18 Å². The Morgan fingerprint density at radius 3 is 2.56 bits per heavy atom. The molecule has 0 radical (unpaired) electrons. The van der Waals surface area contributed by atoms with Crippen LogP contribution < -0.4 is 5.32 Å². The largest absolute Gasteiger partial charge is 0.417 e. The van der Waals surface area contributed by atoms with Crippen molar-refractivity contribution in [3.8, 4) is 16.8 Å². The Morgan fingerprint density at radius 2 is 1.88 bits per heavy atom. The Morgan fingerprint density at radius 1 is 1.12 bits per heavy atom. The number of hydrogen-bond donors (Lipinski definition) is 1. The second-order valence-electron chi connectivity index (χ2n) is 10.4. The summed E-state index contributed by atoms with van der Waals surface area (Å²) in [6.07, 6.45) is 1.82. The maximum Gasteiger partial charge on any atom is 0.417 e. The van der Waals surface area contributed by atoms with Crippen LogP contribution in [0.4, 0.5) is 13.2 Å². The molecule has 2 aliphatic rings. The maximum absolute atomic E-state index is 13.6. The molecule has 2 aliphatic carbocycles. The number of carbonyl (C=O) groups excluding carboxylic acids is 1. The summed E-state index contributed by atoms with van der Waals surface area (Å²) in [5.74, 6) is 0.381. The summed E-state index contributed by atoms with van der Waals surface area (Å²) >= 11 is 0. The van der Waals surface area contributed by atoms with E-state index in [9.17, 15) is 18.0 Å². The minimum absolute atomic E-state index is 0.0411. The minimum Gasteiger partial charge on any atom is -0.347 e. The SMILES string of the molecule is CC1(C)[C@H]2CC[C@]1(C)[C@@H](NC(=O)c1cncn1-c1cccc(-c3ccccc3C(F)(F)F)c1)C2. The van der Waals surface area contributed by atoms with Gasteiger partial charge in [-0.1, -0.05) is 51.1 Å². The lowest BCUT2D eigenvalue weighted by Crippen LogP contribution is -2.47. The van der Waals surface area contributed by atoms with Crippen LogP contribution in [0.2, 0.25) is 0 Å². The number of alkyl halides is 3. The highest BCUT2D eigenvalue weighted by molar-refractivity contribution is 5.93. The van der Waals surface area contributed by atoms with Gasteiger partial charge in [0.2, 0.25) is 0 Å². The summed E-state index contributed by atoms with van der Waals surface area (Å²) in [7, 11) is 0. The second-order valence-corrected chi connectivity index (χ2v) is 10.4. The fourth-order valence-corrected chi connectivity index (χ4v) is 6.13. The van der Waals surface area contributed by atoms with Crippen LogP contribution in [0.15, 0.2) is 61.1 Å². The molecule has 0 spiro atoms. The van der Waals surface area contributed by atoms with Crippen molar-refractivity contribution in [3.63, 3.8) is 0 Å². The van der Waals surface area contributed by atoms with E-state index in [1.807, 2.05) is 0 Å². The van der Waals surface area contributed by atoms with Crippen molar-refractivity contribution in [2.24, 2.45) is 16.7 Å². The number of hydrogen-bond acceptors (Lipinski definition) is 2. The number of fused-ring (bicyclic) bond motifs is 2. The van der Waals surface area contributed by atoms with Crippen molar-refractivity contribution >= 4 is 5.91 Å². The number of halogens is 3. The van der Waals surface area contributed by atoms with Crippen molar-refractivity contribution in [3.05, 3.63) is 72.3 Å². The predicted octanol–water partition coefficient (Wildman–Crippen LogP) is 6.50. The number of aromatic nitrogens is 2. The fraction of sp³-hybridized carbons (Fsp3) is 0.407. The Balaban J connectivity index is 1.45. The molecule has 0 unspecified atom stereocenters. The van der Waals surface area contributed by atoms with Crippen LogP contribution in [0.1, 0.15) is 56.1 Å². The van der Waals surface area contributed by atoms with Gasteiger partial charge in [0.15, 0.2) is 0 Å². The van der Waals surface area contributed by atoms with Gasteiger partial charge in [-0.15, -0.1) is 0 Å². The molecule has 2 saturated carbocycles. The third-order valence-corrected chi connectivity index (χ3v) is 8.64. The van der Waals surface area contributed by atoms with Gasteiger partial charge in [-0.05, 0) is 65.3 Å². The van der Waals surface area contributed by atoms with E-state index in [4.69, 9.17) is 0 Å². The Bertz CT molecular complexity index is 1250. The molecule has 2 bridgehead atoms. The third kappa shape index (κ3) is 3.44. The first-order chi connectivity index (χ1) is 16.0. The number of nitrogens with zero attached hydrogens (tertiary/aromatic N) is 2. The molecule has 3 atom stereocenters. The summed E-state index contributed by atoms with van der Waals surface area (Å²) in [4.78, 5) is 17.5. The van der Waals surface area contributed by atoms with Crippen molar-refractivity contribution < 1.29 is 18.0 Å². The Labute approximate surface area is 197 Å². The molecule has 5 rings (SSSR count). The molecule has 1 amide bonds. The van der Waals surface area contributed by atoms with E-state index in [0.29, 0.717) is 22.9 Å². The van der Waals surface area contributed by atoms with Crippen molar-refractivity contribution in [2.45, 2.75) is 52.3 Å². The summed E-state index contributed by atoms with van der Waals surface area (Å²) in [5, 5.41) is 3.25. The first-order valence-corrected chi connectivity index (χ1v) is 11.6. The Hall–Kier alpha value is -3.09. The van der Waals surface area contributed by atoms with Gasteiger partial charge in [0.05, 0.1) is 18.1 Å². The quantitative estimate of drug-likeness (QED) is 0.476. The molecule has 1 aromatic heterocycles. The van der Waals surface area contributed by atoms with E-state index in [2.05, 4.69) is 31.1 Å². The first kappa shape index (κ1) is 22.7. The number of rotatable bonds is 4. The van der Waals surface area contributed by atoms with Gasteiger partial charge in [-0.25, -0.2) is 4.98 Å². The fourth-order valence-electron chi connectivity index (χ4n) is 6.13. The van der Waals surface area contributed by atoms with E-state index >= 15 is 0 Å². The molecular formula is C27H28F3N3O. The average Bonchev–Trinajstić information content (AvgIpc) is 3.42. The number of amides is 1. The van der Waals surface area contributed by atoms with Gasteiger partial charge in [-0.3, -0.25) is 9.36 Å². The first-order valence-electron chi connectivity index (χ1n) is 11.6. The lowest BCUT2D eigenvalue weighted by atomic mass is 9.69. The van der Waals surface area contributed by atoms with Crippen molar-refractivity contribution in [1.82, 2.24) is 14.9 Å². The summed E-state index contributed by atoms with van der Waals surface area (Å²) in [5.41, 5.74) is 0.989. The lowest BCUT2D eigenvalue weighted by Gasteiger charge is -2.39. The molecule has 34 heavy (non-hydrogen) atoms. The van der Waals surface area contributed by atoms with E-state index in [0.717, 1.165) is 18.9 Å². The standard InChI is InChI=1S/C27H28F3N3O/c1-25(2)18-11-12-26(25,3)23(14-18)32-24(34)22-15-31-16-33(22)19-8-6-7-17(13-19)20-9-4-5-10-21(20)27(28,29)30/h4-10,13,15-16,18,23H,11-12,14H2,1-3H3,(H,32,34)/t18-,23-,26+/m0/s1. The van der Waals surface area contributed by atoms with Crippen LogP contribution in [-0.4, -0.2) is 21.5 Å². The highest BCUT2D eigenvalue weighted by atomic mass is 19.4. The van der Waals surface area contributed by atoms with E-state index in [1.165, 1.54) is 31.1 Å². The molecule has 2 aromatic carbocycles. The molecule has 1 N–H and O–H groups in total. The zero-order chi connectivity index (χ0) is 24.3. The van der Waals surface area contributed by atoms with Gasteiger partial charge in [0.1, 0.15) is 5.69 Å². The topological polar surface area (TPSA) is 46.9 Å². The lowest BCUT2D eigenvalue weighted by molar-refractivity contribution is -0.137. The van der Waals surface area contributed by atoms with Gasteiger partial charge < -0.3 is 5.32 Å². The summed E-state index contributed by atoms with van der Waals surface area (Å²) in [6, 6.07) is 12.3. The van der Waals surface area contributed by atoms with Crippen LogP contribution in [0.5, 0.6) is 0 Å². The predicted molar refractivity (Wildman–Crippen MR) is 124 cm³/mol. The molecule has 2 fully saturated rings. The number of nitrogens with one attached hydrogen (secondary N) is 1. The zero-order valence-corrected chi connectivity index (χ0v) is 19.5. The van der Waals surface area contributed by atoms with Crippen molar-refractivity contribution in [1.29, 1.82) is 0 Å². The molecular weight excluding hydrogens is 439 g/mol. The molecule has 4 nitrogen and oxygen atoms in total. The van der Waals surface area contributed by atoms with Crippen molar-refractivity contribution in [2.75, 3.05) is 0 Å². The van der Waals surface area contributed by atoms with Gasteiger partial charge >= 0.3 is 6.18 Å². The monoisotopic (exact) mass is 467 g/mol. The molecule has 7 heteroatoms.